The SMILES string of the molecule is CCOc1ccc2c(ccn2CC(=O)NCCc2ccc(OC)c(OC)c2)c1. The van der Waals surface area contributed by atoms with Crippen molar-refractivity contribution in [2.24, 2.45) is 0 Å². The van der Waals surface area contributed by atoms with Crippen LogP contribution >= 0.6 is 0 Å². The standard InChI is InChI=1S/C22H26N2O4/c1-4-28-18-6-7-19-17(14-18)10-12-24(19)15-22(25)23-11-9-16-5-8-20(26-2)21(13-16)27-3/h5-8,10,12-14H,4,9,11,15H2,1-3H3,(H,23,25). The van der Waals surface area contributed by atoms with Crippen LogP contribution in [0.15, 0.2) is 48.7 Å². The van der Waals surface area contributed by atoms with Gasteiger partial charge in [0.05, 0.1) is 20.8 Å². The lowest BCUT2D eigenvalue weighted by molar-refractivity contribution is -0.121. The van der Waals surface area contributed by atoms with E-state index in [0.717, 1.165) is 28.6 Å². The highest BCUT2D eigenvalue weighted by atomic mass is 16.5. The van der Waals surface area contributed by atoms with E-state index in [-0.39, 0.29) is 12.5 Å². The maximum absolute atomic E-state index is 12.3. The lowest BCUT2D eigenvalue weighted by Crippen LogP contribution is -2.29. The van der Waals surface area contributed by atoms with Crippen molar-refractivity contribution in [1.29, 1.82) is 0 Å². The molecular formula is C22H26N2O4. The van der Waals surface area contributed by atoms with Crippen LogP contribution in [0.25, 0.3) is 10.9 Å². The fourth-order valence-electron chi connectivity index (χ4n) is 3.17. The molecule has 28 heavy (non-hydrogen) atoms. The maximum atomic E-state index is 12.3. The number of ether oxygens (including phenoxy) is 3. The first-order valence-corrected chi connectivity index (χ1v) is 9.34. The first-order chi connectivity index (χ1) is 13.6. The Morgan fingerprint density at radius 3 is 2.61 bits per heavy atom. The summed E-state index contributed by atoms with van der Waals surface area (Å²) in [7, 11) is 3.22. The summed E-state index contributed by atoms with van der Waals surface area (Å²) in [6, 6.07) is 13.7. The van der Waals surface area contributed by atoms with Gasteiger partial charge in [-0.3, -0.25) is 4.79 Å². The van der Waals surface area contributed by atoms with Gasteiger partial charge in [0.15, 0.2) is 11.5 Å². The number of amides is 1. The van der Waals surface area contributed by atoms with E-state index in [0.29, 0.717) is 24.7 Å². The van der Waals surface area contributed by atoms with E-state index in [9.17, 15) is 4.79 Å². The van der Waals surface area contributed by atoms with Crippen LogP contribution in [-0.2, 0) is 17.8 Å². The second kappa shape index (κ2) is 9.17. The number of carbonyl (C=O) groups is 1. The predicted octanol–water partition coefficient (Wildman–Crippen LogP) is 3.42. The van der Waals surface area contributed by atoms with Gasteiger partial charge in [0.1, 0.15) is 12.3 Å². The Labute approximate surface area is 165 Å². The monoisotopic (exact) mass is 382 g/mol. The van der Waals surface area contributed by atoms with Gasteiger partial charge in [-0.05, 0) is 55.3 Å². The number of fused-ring (bicyclic) bond motifs is 1. The fraction of sp³-hybridized carbons (Fsp3) is 0.318. The molecule has 1 heterocycles. The minimum absolute atomic E-state index is 0.0214. The summed E-state index contributed by atoms with van der Waals surface area (Å²) in [6.07, 6.45) is 2.64. The van der Waals surface area contributed by atoms with E-state index >= 15 is 0 Å². The van der Waals surface area contributed by atoms with E-state index in [1.54, 1.807) is 14.2 Å². The highest BCUT2D eigenvalue weighted by molar-refractivity contribution is 5.84. The molecule has 1 N–H and O–H groups in total. The summed E-state index contributed by atoms with van der Waals surface area (Å²) in [6.45, 7) is 3.43. The van der Waals surface area contributed by atoms with Crippen LogP contribution in [0, 0.1) is 0 Å². The lowest BCUT2D eigenvalue weighted by atomic mass is 10.1. The number of methoxy groups -OCH3 is 2. The van der Waals surface area contributed by atoms with Gasteiger partial charge < -0.3 is 24.1 Å². The van der Waals surface area contributed by atoms with E-state index in [4.69, 9.17) is 14.2 Å². The van der Waals surface area contributed by atoms with E-state index < -0.39 is 0 Å². The van der Waals surface area contributed by atoms with Crippen molar-refractivity contribution in [3.8, 4) is 17.2 Å². The Morgan fingerprint density at radius 1 is 1.04 bits per heavy atom. The molecule has 6 heteroatoms. The minimum Gasteiger partial charge on any atom is -0.494 e. The maximum Gasteiger partial charge on any atom is 0.239 e. The Morgan fingerprint density at radius 2 is 1.86 bits per heavy atom. The molecule has 3 aromatic rings. The van der Waals surface area contributed by atoms with Gasteiger partial charge in [0.25, 0.3) is 0 Å². The number of aromatic nitrogens is 1. The van der Waals surface area contributed by atoms with Gasteiger partial charge in [-0.2, -0.15) is 0 Å². The Bertz CT molecular complexity index is 949. The van der Waals surface area contributed by atoms with E-state index in [1.807, 2.05) is 60.2 Å². The molecule has 148 valence electrons. The molecule has 0 atom stereocenters. The molecule has 1 amide bonds. The van der Waals surface area contributed by atoms with Crippen molar-refractivity contribution in [2.75, 3.05) is 27.4 Å². The van der Waals surface area contributed by atoms with E-state index in [1.165, 1.54) is 0 Å². The van der Waals surface area contributed by atoms with Crippen molar-refractivity contribution in [3.63, 3.8) is 0 Å². The number of hydrogen-bond acceptors (Lipinski definition) is 4. The summed E-state index contributed by atoms with van der Waals surface area (Å²) >= 11 is 0. The zero-order valence-corrected chi connectivity index (χ0v) is 16.5. The molecule has 0 bridgehead atoms. The third-order valence-corrected chi connectivity index (χ3v) is 4.55. The minimum atomic E-state index is -0.0214. The van der Waals surface area contributed by atoms with Gasteiger partial charge in [-0.25, -0.2) is 0 Å². The molecule has 0 aliphatic heterocycles. The number of benzene rings is 2. The number of hydrogen-bond donors (Lipinski definition) is 1. The molecule has 0 unspecified atom stereocenters. The fourth-order valence-corrected chi connectivity index (χ4v) is 3.17. The molecule has 0 fully saturated rings. The molecular weight excluding hydrogens is 356 g/mol. The largest absolute Gasteiger partial charge is 0.494 e. The Kier molecular flexibility index (Phi) is 6.42. The number of nitrogens with zero attached hydrogens (tertiary/aromatic N) is 1. The number of rotatable bonds is 9. The van der Waals surface area contributed by atoms with Crippen LogP contribution in [-0.4, -0.2) is 37.8 Å². The average Bonchev–Trinajstić information content (AvgIpc) is 3.10. The quantitative estimate of drug-likeness (QED) is 0.616. The van der Waals surface area contributed by atoms with Crippen molar-refractivity contribution in [3.05, 3.63) is 54.2 Å². The normalized spacial score (nSPS) is 10.7. The molecule has 0 aliphatic rings. The molecule has 0 saturated carbocycles. The summed E-state index contributed by atoms with van der Waals surface area (Å²) < 4.78 is 18.0. The van der Waals surface area contributed by atoms with Gasteiger partial charge in [-0.1, -0.05) is 6.07 Å². The molecule has 0 saturated heterocycles. The molecule has 2 aromatic carbocycles. The second-order valence-electron chi connectivity index (χ2n) is 6.39. The van der Waals surface area contributed by atoms with Crippen molar-refractivity contribution in [2.45, 2.75) is 19.9 Å². The van der Waals surface area contributed by atoms with Crippen LogP contribution in [0.4, 0.5) is 0 Å². The molecule has 6 nitrogen and oxygen atoms in total. The smallest absolute Gasteiger partial charge is 0.239 e. The molecule has 1 aromatic heterocycles. The van der Waals surface area contributed by atoms with Crippen LogP contribution in [0.2, 0.25) is 0 Å². The summed E-state index contributed by atoms with van der Waals surface area (Å²) in [5.41, 5.74) is 2.09. The van der Waals surface area contributed by atoms with Gasteiger partial charge in [0, 0.05) is 23.6 Å². The average molecular weight is 382 g/mol. The molecule has 3 rings (SSSR count). The zero-order chi connectivity index (χ0) is 19.9. The topological polar surface area (TPSA) is 61.7 Å². The Hall–Kier alpha value is -3.15. The van der Waals surface area contributed by atoms with Crippen LogP contribution in [0.5, 0.6) is 17.2 Å². The second-order valence-corrected chi connectivity index (χ2v) is 6.39. The van der Waals surface area contributed by atoms with Crippen molar-refractivity contribution in [1.82, 2.24) is 9.88 Å². The van der Waals surface area contributed by atoms with Crippen molar-refractivity contribution < 1.29 is 19.0 Å². The third-order valence-electron chi connectivity index (χ3n) is 4.55. The molecule has 0 spiro atoms. The first-order valence-electron chi connectivity index (χ1n) is 9.34. The van der Waals surface area contributed by atoms with Gasteiger partial charge >= 0.3 is 0 Å². The number of nitrogens with one attached hydrogen (secondary N) is 1. The van der Waals surface area contributed by atoms with E-state index in [2.05, 4.69) is 5.32 Å². The Balaban J connectivity index is 1.55. The van der Waals surface area contributed by atoms with Crippen molar-refractivity contribution >= 4 is 16.8 Å². The highest BCUT2D eigenvalue weighted by Gasteiger charge is 2.08. The number of carbonyl (C=O) groups excluding carboxylic acids is 1. The molecule has 0 radical (unpaired) electrons. The summed E-state index contributed by atoms with van der Waals surface area (Å²) in [5, 5.41) is 4.03. The van der Waals surface area contributed by atoms with Crippen LogP contribution in [0.1, 0.15) is 12.5 Å². The first kappa shape index (κ1) is 19.6. The highest BCUT2D eigenvalue weighted by Crippen LogP contribution is 2.27. The summed E-state index contributed by atoms with van der Waals surface area (Å²) in [4.78, 5) is 12.3. The molecule has 0 aliphatic carbocycles. The zero-order valence-electron chi connectivity index (χ0n) is 16.5. The lowest BCUT2D eigenvalue weighted by Gasteiger charge is -2.11. The van der Waals surface area contributed by atoms with Crippen LogP contribution in [0.3, 0.4) is 0 Å². The third kappa shape index (κ3) is 4.57. The van der Waals surface area contributed by atoms with Crippen LogP contribution < -0.4 is 19.5 Å². The summed E-state index contributed by atoms with van der Waals surface area (Å²) in [5.74, 6) is 2.21. The van der Waals surface area contributed by atoms with Gasteiger partial charge in [0.2, 0.25) is 5.91 Å². The predicted molar refractivity (Wildman–Crippen MR) is 109 cm³/mol. The van der Waals surface area contributed by atoms with Gasteiger partial charge in [-0.15, -0.1) is 0 Å².